The van der Waals surface area contributed by atoms with Gasteiger partial charge in [0, 0.05) is 25.1 Å². The van der Waals surface area contributed by atoms with Gasteiger partial charge >= 0.3 is 0 Å². The number of hydrogen-bond donors (Lipinski definition) is 1. The van der Waals surface area contributed by atoms with Crippen molar-refractivity contribution >= 4 is 0 Å². The number of hydrogen-bond acceptors (Lipinski definition) is 2. The maximum absolute atomic E-state index is 9.55. The summed E-state index contributed by atoms with van der Waals surface area (Å²) in [6, 6.07) is 3.87. The third-order valence-corrected chi connectivity index (χ3v) is 2.54. The van der Waals surface area contributed by atoms with Crippen molar-refractivity contribution in [3.8, 4) is 0 Å². The largest absolute Gasteiger partial charge is 0.387 e. The van der Waals surface area contributed by atoms with Crippen molar-refractivity contribution in [2.24, 2.45) is 7.05 Å². The van der Waals surface area contributed by atoms with E-state index in [0.717, 1.165) is 17.9 Å². The number of nitrogens with zero attached hydrogens (tertiary/aromatic N) is 3. The van der Waals surface area contributed by atoms with Crippen LogP contribution < -0.4 is 0 Å². The molecule has 2 rings (SSSR count). The van der Waals surface area contributed by atoms with Gasteiger partial charge in [-0.1, -0.05) is 0 Å². The highest BCUT2D eigenvalue weighted by atomic mass is 16.3. The van der Waals surface area contributed by atoms with Gasteiger partial charge in [-0.05, 0) is 19.1 Å². The Morgan fingerprint density at radius 3 is 2.93 bits per heavy atom. The monoisotopic (exact) mass is 205 g/mol. The van der Waals surface area contributed by atoms with Crippen LogP contribution in [0.15, 0.2) is 30.9 Å². The number of aliphatic hydroxyl groups excluding tert-OH is 1. The van der Waals surface area contributed by atoms with E-state index in [9.17, 15) is 5.11 Å². The van der Waals surface area contributed by atoms with E-state index in [1.165, 1.54) is 0 Å². The molecular weight excluding hydrogens is 190 g/mol. The maximum Gasteiger partial charge on any atom is 0.0946 e. The van der Waals surface area contributed by atoms with Crippen molar-refractivity contribution < 1.29 is 5.11 Å². The average Bonchev–Trinajstić information content (AvgIpc) is 2.77. The molecule has 2 aromatic heterocycles. The molecule has 4 nitrogen and oxygen atoms in total. The molecule has 15 heavy (non-hydrogen) atoms. The van der Waals surface area contributed by atoms with E-state index in [1.807, 2.05) is 40.7 Å². The van der Waals surface area contributed by atoms with Gasteiger partial charge in [-0.15, -0.1) is 0 Å². The highest BCUT2D eigenvalue weighted by Crippen LogP contribution is 2.14. The molecule has 0 radical (unpaired) electrons. The van der Waals surface area contributed by atoms with Crippen molar-refractivity contribution in [1.29, 1.82) is 0 Å². The molecule has 0 fully saturated rings. The first kappa shape index (κ1) is 9.98. The van der Waals surface area contributed by atoms with Crippen LogP contribution in [-0.4, -0.2) is 19.2 Å². The van der Waals surface area contributed by atoms with Crippen LogP contribution in [0.5, 0.6) is 0 Å². The minimum Gasteiger partial charge on any atom is -0.387 e. The molecule has 80 valence electrons. The number of aliphatic hydroxyl groups is 1. The van der Waals surface area contributed by atoms with Crippen LogP contribution in [0, 0.1) is 0 Å². The molecule has 0 aliphatic heterocycles. The van der Waals surface area contributed by atoms with Crippen LogP contribution in [0.2, 0.25) is 0 Å². The smallest absolute Gasteiger partial charge is 0.0946 e. The van der Waals surface area contributed by atoms with E-state index in [2.05, 4.69) is 4.98 Å². The predicted molar refractivity (Wildman–Crippen MR) is 57.4 cm³/mol. The summed E-state index contributed by atoms with van der Waals surface area (Å²) >= 11 is 0. The Kier molecular flexibility index (Phi) is 2.60. The van der Waals surface area contributed by atoms with Crippen molar-refractivity contribution in [3.63, 3.8) is 0 Å². The van der Waals surface area contributed by atoms with Gasteiger partial charge in [0.1, 0.15) is 0 Å². The van der Waals surface area contributed by atoms with Gasteiger partial charge in [0.05, 0.1) is 24.7 Å². The number of rotatable bonds is 3. The summed E-state index contributed by atoms with van der Waals surface area (Å²) in [6.45, 7) is 2.51. The Morgan fingerprint density at radius 2 is 2.33 bits per heavy atom. The lowest BCUT2D eigenvalue weighted by molar-refractivity contribution is 0.189. The molecule has 0 aromatic carbocycles. The van der Waals surface area contributed by atoms with E-state index in [-0.39, 0.29) is 0 Å². The maximum atomic E-state index is 9.55. The summed E-state index contributed by atoms with van der Waals surface area (Å²) in [5.74, 6) is 0. The summed E-state index contributed by atoms with van der Waals surface area (Å²) in [5.41, 5.74) is 2.05. The van der Waals surface area contributed by atoms with Crippen molar-refractivity contribution in [2.45, 2.75) is 19.6 Å². The van der Waals surface area contributed by atoms with Crippen LogP contribution in [0.25, 0.3) is 0 Å². The zero-order valence-corrected chi connectivity index (χ0v) is 8.96. The third kappa shape index (κ3) is 1.94. The number of aryl methyl sites for hydroxylation is 1. The first-order valence-electron chi connectivity index (χ1n) is 4.97. The molecule has 0 spiro atoms. The second kappa shape index (κ2) is 3.90. The standard InChI is InChI=1S/C11H15N3O/c1-9(15)11-4-3-5-14(11)7-10-6-12-8-13(10)2/h3-6,8-9,15H,7H2,1-2H3. The predicted octanol–water partition coefficient (Wildman–Crippen LogP) is 1.32. The number of imidazole rings is 1. The highest BCUT2D eigenvalue weighted by molar-refractivity contribution is 5.12. The average molecular weight is 205 g/mol. The molecule has 2 aromatic rings. The molecule has 0 saturated heterocycles. The first-order chi connectivity index (χ1) is 7.18. The second-order valence-corrected chi connectivity index (χ2v) is 3.73. The van der Waals surface area contributed by atoms with E-state index >= 15 is 0 Å². The summed E-state index contributed by atoms with van der Waals surface area (Å²) in [7, 11) is 1.97. The summed E-state index contributed by atoms with van der Waals surface area (Å²) in [4.78, 5) is 4.06. The topological polar surface area (TPSA) is 43.0 Å². The van der Waals surface area contributed by atoms with Crippen LogP contribution in [0.1, 0.15) is 24.4 Å². The Hall–Kier alpha value is -1.55. The van der Waals surface area contributed by atoms with Gasteiger partial charge in [0.25, 0.3) is 0 Å². The van der Waals surface area contributed by atoms with E-state index in [0.29, 0.717) is 0 Å². The minimum absolute atomic E-state index is 0.437. The lowest BCUT2D eigenvalue weighted by Gasteiger charge is -2.11. The lowest BCUT2D eigenvalue weighted by Crippen LogP contribution is -2.08. The van der Waals surface area contributed by atoms with Crippen LogP contribution in [0.3, 0.4) is 0 Å². The molecular formula is C11H15N3O. The van der Waals surface area contributed by atoms with E-state index in [4.69, 9.17) is 0 Å². The molecule has 1 N–H and O–H groups in total. The Labute approximate surface area is 88.8 Å². The highest BCUT2D eigenvalue weighted by Gasteiger charge is 2.07. The van der Waals surface area contributed by atoms with Crippen LogP contribution in [-0.2, 0) is 13.6 Å². The lowest BCUT2D eigenvalue weighted by atomic mass is 10.3. The molecule has 2 heterocycles. The van der Waals surface area contributed by atoms with Crippen molar-refractivity contribution in [1.82, 2.24) is 14.1 Å². The molecule has 1 atom stereocenters. The van der Waals surface area contributed by atoms with Crippen molar-refractivity contribution in [3.05, 3.63) is 42.2 Å². The summed E-state index contributed by atoms with van der Waals surface area (Å²) < 4.78 is 4.01. The fourth-order valence-electron chi connectivity index (χ4n) is 1.66. The summed E-state index contributed by atoms with van der Waals surface area (Å²) in [6.07, 6.45) is 5.15. The van der Waals surface area contributed by atoms with Gasteiger partial charge in [0.2, 0.25) is 0 Å². The van der Waals surface area contributed by atoms with Crippen LogP contribution in [0.4, 0.5) is 0 Å². The molecule has 4 heteroatoms. The summed E-state index contributed by atoms with van der Waals surface area (Å²) in [5, 5.41) is 9.55. The normalized spacial score (nSPS) is 13.0. The Morgan fingerprint density at radius 1 is 1.53 bits per heavy atom. The fraction of sp³-hybridized carbons (Fsp3) is 0.364. The second-order valence-electron chi connectivity index (χ2n) is 3.73. The quantitative estimate of drug-likeness (QED) is 0.821. The Balaban J connectivity index is 2.25. The van der Waals surface area contributed by atoms with Crippen LogP contribution >= 0.6 is 0 Å². The van der Waals surface area contributed by atoms with Gasteiger partial charge in [-0.25, -0.2) is 4.98 Å². The first-order valence-corrected chi connectivity index (χ1v) is 4.97. The fourth-order valence-corrected chi connectivity index (χ4v) is 1.66. The molecule has 0 saturated carbocycles. The molecule has 0 aliphatic rings. The SMILES string of the molecule is CC(O)c1cccn1Cc1cncn1C. The third-order valence-electron chi connectivity index (χ3n) is 2.54. The van der Waals surface area contributed by atoms with Gasteiger partial charge in [-0.3, -0.25) is 0 Å². The van der Waals surface area contributed by atoms with E-state index in [1.54, 1.807) is 13.3 Å². The Bertz CT molecular complexity index is 442. The molecule has 0 aliphatic carbocycles. The van der Waals surface area contributed by atoms with Gasteiger partial charge in [0.15, 0.2) is 0 Å². The molecule has 0 amide bonds. The minimum atomic E-state index is -0.437. The zero-order valence-electron chi connectivity index (χ0n) is 8.96. The molecule has 0 bridgehead atoms. The van der Waals surface area contributed by atoms with Gasteiger partial charge in [-0.2, -0.15) is 0 Å². The van der Waals surface area contributed by atoms with E-state index < -0.39 is 6.10 Å². The zero-order chi connectivity index (χ0) is 10.8. The molecule has 1 unspecified atom stereocenters. The van der Waals surface area contributed by atoms with Crippen molar-refractivity contribution in [2.75, 3.05) is 0 Å². The number of aromatic nitrogens is 3. The van der Waals surface area contributed by atoms with Gasteiger partial charge < -0.3 is 14.2 Å².